The molecule has 1 N–H and O–H groups in total. The Labute approximate surface area is 156 Å². The Morgan fingerprint density at radius 1 is 1.08 bits per heavy atom. The Hall–Kier alpha value is -1.85. The number of hydrogen-bond donors (Lipinski definition) is 1. The van der Waals surface area contributed by atoms with E-state index in [4.69, 9.17) is 4.98 Å². The number of hydrogen-bond acceptors (Lipinski definition) is 3. The molecule has 0 aliphatic carbocycles. The fraction of sp³-hybridized carbons (Fsp3) is 0.350. The molecule has 5 heteroatoms. The maximum atomic E-state index is 9.82. The Kier molecular flexibility index (Phi) is 4.77. The summed E-state index contributed by atoms with van der Waals surface area (Å²) in [6, 6.07) is 16.9. The van der Waals surface area contributed by atoms with Crippen LogP contribution in [0.25, 0.3) is 11.0 Å². The maximum Gasteiger partial charge on any atom is 0.207 e. The molecule has 0 spiro atoms. The van der Waals surface area contributed by atoms with Gasteiger partial charge >= 0.3 is 0 Å². The zero-order valence-electron chi connectivity index (χ0n) is 14.1. The third kappa shape index (κ3) is 3.31. The summed E-state index contributed by atoms with van der Waals surface area (Å²) in [5.74, 6) is 0.975. The Balaban J connectivity index is 1.78. The van der Waals surface area contributed by atoms with Crippen molar-refractivity contribution in [1.29, 1.82) is 0 Å². The molecule has 3 aromatic rings. The van der Waals surface area contributed by atoms with Gasteiger partial charge in [0.15, 0.2) is 0 Å². The van der Waals surface area contributed by atoms with Gasteiger partial charge in [-0.3, -0.25) is 0 Å². The van der Waals surface area contributed by atoms with Gasteiger partial charge in [-0.05, 0) is 49.1 Å². The van der Waals surface area contributed by atoms with E-state index in [0.29, 0.717) is 0 Å². The molecule has 1 aliphatic rings. The summed E-state index contributed by atoms with van der Waals surface area (Å²) in [5.41, 5.74) is 3.39. The predicted molar refractivity (Wildman–Crippen MR) is 105 cm³/mol. The van der Waals surface area contributed by atoms with Gasteiger partial charge in [-0.15, -0.1) is 0 Å². The first-order valence-electron chi connectivity index (χ1n) is 8.83. The highest BCUT2D eigenvalue weighted by Crippen LogP contribution is 2.29. The van der Waals surface area contributed by atoms with Crippen LogP contribution in [0.3, 0.4) is 0 Å². The maximum absolute atomic E-state index is 9.82. The average molecular weight is 400 g/mol. The topological polar surface area (TPSA) is 41.3 Å². The van der Waals surface area contributed by atoms with Crippen molar-refractivity contribution in [3.05, 3.63) is 58.6 Å². The number of nitrogens with zero attached hydrogens (tertiary/aromatic N) is 3. The van der Waals surface area contributed by atoms with Crippen molar-refractivity contribution in [1.82, 2.24) is 9.55 Å². The zero-order valence-corrected chi connectivity index (χ0v) is 15.7. The van der Waals surface area contributed by atoms with E-state index in [1.165, 1.54) is 12.0 Å². The minimum absolute atomic E-state index is 0.161. The lowest BCUT2D eigenvalue weighted by molar-refractivity contribution is 0.238. The molecule has 25 heavy (non-hydrogen) atoms. The summed E-state index contributed by atoms with van der Waals surface area (Å²) in [4.78, 5) is 7.21. The van der Waals surface area contributed by atoms with Gasteiger partial charge in [0.05, 0.1) is 30.2 Å². The van der Waals surface area contributed by atoms with Gasteiger partial charge in [0, 0.05) is 11.0 Å². The lowest BCUT2D eigenvalue weighted by atomic mass is 10.0. The predicted octanol–water partition coefficient (Wildman–Crippen LogP) is 4.20. The molecular weight excluding hydrogens is 378 g/mol. The van der Waals surface area contributed by atoms with E-state index in [1.54, 1.807) is 0 Å². The third-order valence-corrected chi connectivity index (χ3v) is 5.51. The number of rotatable bonds is 4. The van der Waals surface area contributed by atoms with Gasteiger partial charge in [-0.2, -0.15) is 0 Å². The van der Waals surface area contributed by atoms with Crippen molar-refractivity contribution in [3.63, 3.8) is 0 Å². The first kappa shape index (κ1) is 16.6. The molecule has 1 fully saturated rings. The lowest BCUT2D eigenvalue weighted by Gasteiger charge is -2.35. The van der Waals surface area contributed by atoms with Crippen LogP contribution in [0.1, 0.15) is 24.8 Å². The average Bonchev–Trinajstić information content (AvgIpc) is 3.02. The number of halogens is 1. The molecule has 1 aromatic heterocycles. The van der Waals surface area contributed by atoms with E-state index in [1.807, 2.05) is 6.07 Å². The van der Waals surface area contributed by atoms with Crippen molar-refractivity contribution >= 4 is 32.9 Å². The number of aliphatic hydroxyl groups is 1. The monoisotopic (exact) mass is 399 g/mol. The fourth-order valence-corrected chi connectivity index (χ4v) is 3.93. The summed E-state index contributed by atoms with van der Waals surface area (Å²) >= 11 is 3.50. The standard InChI is InChI=1S/C20H22BrN3O/c21-16-10-8-15(9-11-16)13-24-19-7-2-1-6-18(19)22-20(24)23-12-4-3-5-17(23)14-25/h1-2,6-11,17,25H,3-5,12-14H2/t17-/m1/s1. The first-order chi connectivity index (χ1) is 12.3. The Bertz CT molecular complexity index is 859. The number of aliphatic hydroxyl groups excluding tert-OH is 1. The number of anilines is 1. The number of para-hydroxylation sites is 2. The second-order valence-electron chi connectivity index (χ2n) is 6.64. The summed E-state index contributed by atoms with van der Waals surface area (Å²) in [6.07, 6.45) is 3.35. The quantitative estimate of drug-likeness (QED) is 0.714. The van der Waals surface area contributed by atoms with Crippen LogP contribution in [-0.2, 0) is 6.54 Å². The van der Waals surface area contributed by atoms with Crippen LogP contribution >= 0.6 is 15.9 Å². The van der Waals surface area contributed by atoms with E-state index >= 15 is 0 Å². The molecule has 0 radical (unpaired) electrons. The van der Waals surface area contributed by atoms with Crippen LogP contribution in [0.4, 0.5) is 5.95 Å². The van der Waals surface area contributed by atoms with E-state index in [0.717, 1.165) is 47.4 Å². The number of piperidine rings is 1. The molecule has 0 unspecified atom stereocenters. The molecular formula is C20H22BrN3O. The van der Waals surface area contributed by atoms with E-state index < -0.39 is 0 Å². The number of benzene rings is 2. The third-order valence-electron chi connectivity index (χ3n) is 4.98. The summed E-state index contributed by atoms with van der Waals surface area (Å²) in [5, 5.41) is 9.82. The van der Waals surface area contributed by atoms with Gasteiger partial charge < -0.3 is 14.6 Å². The van der Waals surface area contributed by atoms with Gasteiger partial charge in [-0.25, -0.2) is 4.98 Å². The molecule has 0 saturated carbocycles. The van der Waals surface area contributed by atoms with Crippen LogP contribution in [0.5, 0.6) is 0 Å². The highest BCUT2D eigenvalue weighted by molar-refractivity contribution is 9.10. The Morgan fingerprint density at radius 3 is 2.68 bits per heavy atom. The van der Waals surface area contributed by atoms with Crippen LogP contribution < -0.4 is 4.90 Å². The normalized spacial score (nSPS) is 18.0. The molecule has 1 aliphatic heterocycles. The molecule has 2 aromatic carbocycles. The number of imidazole rings is 1. The van der Waals surface area contributed by atoms with Crippen LogP contribution in [0.2, 0.25) is 0 Å². The first-order valence-corrected chi connectivity index (χ1v) is 9.63. The van der Waals surface area contributed by atoms with E-state index in [9.17, 15) is 5.11 Å². The smallest absolute Gasteiger partial charge is 0.207 e. The molecule has 4 nitrogen and oxygen atoms in total. The molecule has 0 bridgehead atoms. The molecule has 0 amide bonds. The van der Waals surface area contributed by atoms with Crippen molar-refractivity contribution in [2.45, 2.75) is 31.8 Å². The molecule has 4 rings (SSSR count). The van der Waals surface area contributed by atoms with Gasteiger partial charge in [-0.1, -0.05) is 40.2 Å². The molecule has 2 heterocycles. The van der Waals surface area contributed by atoms with Crippen LogP contribution in [0.15, 0.2) is 53.0 Å². The molecule has 1 saturated heterocycles. The van der Waals surface area contributed by atoms with Crippen LogP contribution in [-0.4, -0.2) is 33.9 Å². The van der Waals surface area contributed by atoms with Crippen molar-refractivity contribution in [2.24, 2.45) is 0 Å². The van der Waals surface area contributed by atoms with Gasteiger partial charge in [0.25, 0.3) is 0 Å². The van der Waals surface area contributed by atoms with E-state index in [-0.39, 0.29) is 12.6 Å². The highest BCUT2D eigenvalue weighted by Gasteiger charge is 2.26. The molecule has 1 atom stereocenters. The molecule has 130 valence electrons. The minimum Gasteiger partial charge on any atom is -0.394 e. The number of fused-ring (bicyclic) bond motifs is 1. The number of aromatic nitrogens is 2. The van der Waals surface area contributed by atoms with Crippen molar-refractivity contribution < 1.29 is 5.11 Å². The summed E-state index contributed by atoms with van der Waals surface area (Å²) in [6.45, 7) is 1.91. The van der Waals surface area contributed by atoms with Gasteiger partial charge in [0.1, 0.15) is 0 Å². The van der Waals surface area contributed by atoms with E-state index in [2.05, 4.69) is 67.9 Å². The van der Waals surface area contributed by atoms with Crippen LogP contribution in [0, 0.1) is 0 Å². The minimum atomic E-state index is 0.161. The van der Waals surface area contributed by atoms with Gasteiger partial charge in [0.2, 0.25) is 5.95 Å². The zero-order chi connectivity index (χ0) is 17.2. The Morgan fingerprint density at radius 2 is 1.88 bits per heavy atom. The summed E-state index contributed by atoms with van der Waals surface area (Å²) < 4.78 is 3.37. The summed E-state index contributed by atoms with van der Waals surface area (Å²) in [7, 11) is 0. The lowest BCUT2D eigenvalue weighted by Crippen LogP contribution is -2.43. The fourth-order valence-electron chi connectivity index (χ4n) is 3.66. The van der Waals surface area contributed by atoms with Crippen molar-refractivity contribution in [2.75, 3.05) is 18.1 Å². The SMILES string of the molecule is OC[C@H]1CCCCN1c1nc2ccccc2n1Cc1ccc(Br)cc1. The largest absolute Gasteiger partial charge is 0.394 e. The second kappa shape index (κ2) is 7.18. The second-order valence-corrected chi connectivity index (χ2v) is 7.55. The van der Waals surface area contributed by atoms with Crippen molar-refractivity contribution in [3.8, 4) is 0 Å². The highest BCUT2D eigenvalue weighted by atomic mass is 79.9.